The number of benzene rings is 8. The molecule has 13 heteroatoms. The Bertz CT molecular complexity index is 3860. The van der Waals surface area contributed by atoms with Crippen molar-refractivity contribution in [3.8, 4) is 44.5 Å². The predicted molar refractivity (Wildman–Crippen MR) is 304 cm³/mol. The van der Waals surface area contributed by atoms with Gasteiger partial charge in [0.2, 0.25) is 10.2 Å². The van der Waals surface area contributed by atoms with Crippen LogP contribution in [0.5, 0.6) is 0 Å². The van der Waals surface area contributed by atoms with Gasteiger partial charge in [0.15, 0.2) is 8.68 Å². The third-order valence-corrected chi connectivity index (χ3v) is 17.8. The molecule has 8 aromatic carbocycles. The molecule has 0 radical (unpaired) electrons. The van der Waals surface area contributed by atoms with E-state index in [1.54, 1.807) is 26.0 Å². The minimum absolute atomic E-state index is 0.216. The van der Waals surface area contributed by atoms with Crippen molar-refractivity contribution in [2.75, 3.05) is 13.2 Å². The third kappa shape index (κ3) is 7.54. The molecule has 0 fully saturated rings. The molecule has 2 atom stereocenters. The van der Waals surface area contributed by atoms with Crippen LogP contribution in [0.1, 0.15) is 114 Å². The molecule has 0 saturated heterocycles. The molecule has 9 aromatic rings. The van der Waals surface area contributed by atoms with Crippen LogP contribution in [-0.4, -0.2) is 57.0 Å². The Hall–Kier alpha value is -8.36. The number of aromatic nitrogens is 2. The molecule has 10 nitrogen and oxygen atoms in total. The van der Waals surface area contributed by atoms with Crippen LogP contribution in [0.4, 0.5) is 0 Å². The number of esters is 2. The van der Waals surface area contributed by atoms with Gasteiger partial charge in [-0.25, -0.2) is 9.59 Å². The van der Waals surface area contributed by atoms with Crippen LogP contribution < -0.4 is 0 Å². The minimum Gasteiger partial charge on any atom is -0.462 e. The van der Waals surface area contributed by atoms with Gasteiger partial charge in [0, 0.05) is 44.5 Å². The summed E-state index contributed by atoms with van der Waals surface area (Å²) in [5.74, 6) is -0.768. The van der Waals surface area contributed by atoms with Gasteiger partial charge in [-0.15, -0.1) is 10.2 Å². The van der Waals surface area contributed by atoms with E-state index < -0.39 is 11.1 Å². The zero-order valence-electron chi connectivity index (χ0n) is 42.0. The zero-order chi connectivity index (χ0) is 52.7. The van der Waals surface area contributed by atoms with E-state index in [1.165, 1.54) is 11.3 Å². The van der Waals surface area contributed by atoms with E-state index in [0.717, 1.165) is 124 Å². The van der Waals surface area contributed by atoms with E-state index in [2.05, 4.69) is 36.2 Å². The number of aliphatic imine (C=N–C) groups is 2. The summed E-state index contributed by atoms with van der Waals surface area (Å²) in [7, 11) is 0. The highest BCUT2D eigenvalue weighted by Gasteiger charge is 2.45. The molecule has 0 N–H and O–H groups in total. The van der Waals surface area contributed by atoms with E-state index in [0.29, 0.717) is 30.9 Å². The maximum atomic E-state index is 14.6. The van der Waals surface area contributed by atoms with E-state index >= 15 is 0 Å². The highest BCUT2D eigenvalue weighted by Crippen LogP contribution is 2.55. The molecule has 13 rings (SSSR count). The van der Waals surface area contributed by atoms with Crippen molar-refractivity contribution < 1.29 is 28.7 Å². The van der Waals surface area contributed by atoms with Crippen molar-refractivity contribution in [2.45, 2.75) is 47.5 Å². The van der Waals surface area contributed by atoms with Crippen LogP contribution in [0, 0.1) is 0 Å². The molecule has 0 bridgehead atoms. The first-order chi connectivity index (χ1) is 37.5. The quantitative estimate of drug-likeness (QED) is 0.0961. The SMILES string of the molecule is CCOC(=O)c1cccc2c1-c1ccccc1C2=NC1(C)c2ccccc2-c2c(C(=O)Sc3nnc(SC(=O)c4cccc5c4-c4ccccc4C5(C)/N=C4\c5ccccc5-c5c(C(=O)OCC)cccc54)s3)cccc21. The molecule has 374 valence electrons. The van der Waals surface area contributed by atoms with Crippen LogP contribution in [0.25, 0.3) is 44.5 Å². The van der Waals surface area contributed by atoms with Gasteiger partial charge in [0.25, 0.3) is 0 Å². The maximum absolute atomic E-state index is 14.6. The van der Waals surface area contributed by atoms with Crippen LogP contribution in [0.15, 0.2) is 189 Å². The van der Waals surface area contributed by atoms with Gasteiger partial charge >= 0.3 is 11.9 Å². The molecule has 0 aliphatic heterocycles. The average molecular weight is 1060 g/mol. The molecular weight excluding hydrogens is 1020 g/mol. The Morgan fingerprint density at radius 3 is 1.17 bits per heavy atom. The predicted octanol–water partition coefficient (Wildman–Crippen LogP) is 14.3. The number of ether oxygens (including phenoxy) is 2. The first-order valence-corrected chi connectivity index (χ1v) is 27.7. The molecular formula is C64H44N4O6S3. The number of hydrogen-bond donors (Lipinski definition) is 0. The van der Waals surface area contributed by atoms with Gasteiger partial charge < -0.3 is 9.47 Å². The van der Waals surface area contributed by atoms with Crippen molar-refractivity contribution in [1.82, 2.24) is 10.2 Å². The number of rotatable bonds is 10. The number of hydrogen-bond acceptors (Lipinski definition) is 13. The lowest BCUT2D eigenvalue weighted by molar-refractivity contribution is 0.0517. The number of fused-ring (bicyclic) bond motifs is 12. The van der Waals surface area contributed by atoms with E-state index in [9.17, 15) is 19.2 Å². The topological polar surface area (TPSA) is 137 Å². The molecule has 0 amide bonds. The van der Waals surface area contributed by atoms with Crippen molar-refractivity contribution in [3.63, 3.8) is 0 Å². The summed E-state index contributed by atoms with van der Waals surface area (Å²) < 4.78 is 11.8. The molecule has 0 saturated carbocycles. The lowest BCUT2D eigenvalue weighted by Crippen LogP contribution is -2.21. The maximum Gasteiger partial charge on any atom is 0.338 e. The number of thioether (sulfide) groups is 2. The van der Waals surface area contributed by atoms with Crippen LogP contribution in [-0.2, 0) is 20.6 Å². The van der Waals surface area contributed by atoms with Gasteiger partial charge in [-0.2, -0.15) is 0 Å². The highest BCUT2D eigenvalue weighted by molar-refractivity contribution is 8.17. The largest absolute Gasteiger partial charge is 0.462 e. The minimum atomic E-state index is -0.908. The Kier molecular flexibility index (Phi) is 11.7. The molecule has 77 heavy (non-hydrogen) atoms. The average Bonchev–Trinajstić information content (AvgIpc) is 4.24. The monoisotopic (exact) mass is 1060 g/mol. The fraction of sp³-hybridized carbons (Fsp3) is 0.125. The first kappa shape index (κ1) is 48.3. The Morgan fingerprint density at radius 1 is 0.416 bits per heavy atom. The van der Waals surface area contributed by atoms with Crippen LogP contribution in [0.3, 0.4) is 0 Å². The normalized spacial score (nSPS) is 17.7. The molecule has 4 aliphatic rings. The lowest BCUT2D eigenvalue weighted by Gasteiger charge is -2.24. The number of nitrogens with zero attached hydrogens (tertiary/aromatic N) is 4. The van der Waals surface area contributed by atoms with E-state index in [-0.39, 0.29) is 35.4 Å². The molecule has 1 aromatic heterocycles. The third-order valence-electron chi connectivity index (χ3n) is 15.0. The summed E-state index contributed by atoms with van der Waals surface area (Å²) in [4.78, 5) is 67.1. The Morgan fingerprint density at radius 2 is 0.753 bits per heavy atom. The van der Waals surface area contributed by atoms with Gasteiger partial charge in [-0.1, -0.05) is 157 Å². The number of carbonyl (C=O) groups excluding carboxylic acids is 4. The van der Waals surface area contributed by atoms with Gasteiger partial charge in [-0.3, -0.25) is 19.6 Å². The zero-order valence-corrected chi connectivity index (χ0v) is 44.5. The summed E-state index contributed by atoms with van der Waals surface area (Å²) in [6, 6.07) is 55.0. The van der Waals surface area contributed by atoms with Crippen LogP contribution >= 0.6 is 34.9 Å². The summed E-state index contributed by atoms with van der Waals surface area (Å²) in [5.41, 5.74) is 15.7. The van der Waals surface area contributed by atoms with Crippen LogP contribution in [0.2, 0.25) is 0 Å². The van der Waals surface area contributed by atoms with Gasteiger partial charge in [-0.05, 0) is 131 Å². The van der Waals surface area contributed by atoms with Crippen molar-refractivity contribution >= 4 is 68.5 Å². The second-order valence-corrected chi connectivity index (χ2v) is 22.6. The van der Waals surface area contributed by atoms with Crippen molar-refractivity contribution in [3.05, 3.63) is 237 Å². The van der Waals surface area contributed by atoms with Crippen molar-refractivity contribution in [1.29, 1.82) is 0 Å². The molecule has 2 unspecified atom stereocenters. The first-order valence-electron chi connectivity index (χ1n) is 25.3. The fourth-order valence-electron chi connectivity index (χ4n) is 11.8. The second-order valence-electron chi connectivity index (χ2n) is 19.2. The van der Waals surface area contributed by atoms with Gasteiger partial charge in [0.05, 0.1) is 35.8 Å². The standard InChI is InChI=1S/C64H44N4O6S3/c1-5-73-57(69)43-27-15-25-41-51(43)35-19-7-9-21-37(35)55(41)65-63(3)47-31-13-11-23-39(47)53-45(29-17-33-49(53)63)59(71)75-61-67-68-62(77-61)76-60(72)46-30-18-34-50-54(46)40-24-12-14-32-48(40)64(50,4)66-56-38-22-10-8-20-36(38)52-42(56)26-16-28-44(52)58(70)74-6-2/h7-34H,5-6H2,1-4H3/b65-55+,66-56?. The Labute approximate surface area is 456 Å². The number of carbonyl (C=O) groups is 4. The molecule has 0 spiro atoms. The van der Waals surface area contributed by atoms with Gasteiger partial charge in [0.1, 0.15) is 11.1 Å². The summed E-state index contributed by atoms with van der Waals surface area (Å²) in [6.45, 7) is 8.29. The van der Waals surface area contributed by atoms with Crippen molar-refractivity contribution in [2.24, 2.45) is 9.98 Å². The molecule has 1 heterocycles. The summed E-state index contributed by atoms with van der Waals surface area (Å²) in [6.07, 6.45) is 0. The highest BCUT2D eigenvalue weighted by atomic mass is 32.2. The van der Waals surface area contributed by atoms with E-state index in [4.69, 9.17) is 19.5 Å². The molecule has 4 aliphatic carbocycles. The fourth-order valence-corrected chi connectivity index (χ4v) is 14.6. The smallest absolute Gasteiger partial charge is 0.338 e. The Balaban J connectivity index is 0.806. The summed E-state index contributed by atoms with van der Waals surface area (Å²) >= 11 is 3.17. The lowest BCUT2D eigenvalue weighted by atomic mass is 9.89. The second kappa shape index (κ2) is 18.7. The summed E-state index contributed by atoms with van der Waals surface area (Å²) in [5, 5.41) is 8.42. The van der Waals surface area contributed by atoms with E-state index in [1.807, 2.05) is 146 Å².